The molecule has 11 heteroatoms. The fourth-order valence-corrected chi connectivity index (χ4v) is 3.96. The van der Waals surface area contributed by atoms with Gasteiger partial charge in [-0.2, -0.15) is 19.4 Å². The van der Waals surface area contributed by atoms with Crippen molar-refractivity contribution in [1.82, 2.24) is 0 Å². The zero-order chi connectivity index (χ0) is 13.0. The van der Waals surface area contributed by atoms with Crippen LogP contribution in [-0.4, -0.2) is 11.0 Å². The Morgan fingerprint density at radius 2 is 1.29 bits per heavy atom. The van der Waals surface area contributed by atoms with Crippen LogP contribution in [0.2, 0.25) is 0 Å². The van der Waals surface area contributed by atoms with Crippen LogP contribution in [0.1, 0.15) is 0 Å². The zero-order valence-electron chi connectivity index (χ0n) is 7.42. The van der Waals surface area contributed by atoms with Crippen LogP contribution >= 0.6 is 60.7 Å². The molecule has 0 radical (unpaired) electrons. The fourth-order valence-electron chi connectivity index (χ4n) is 1.06. The first kappa shape index (κ1) is 15.6. The van der Waals surface area contributed by atoms with Gasteiger partial charge >= 0.3 is 0 Å². The minimum Gasteiger partial charge on any atom is -0.292 e. The fraction of sp³-hybridized carbons (Fsp3) is 0.167. The lowest BCUT2D eigenvalue weighted by Crippen LogP contribution is -2.23. The summed E-state index contributed by atoms with van der Waals surface area (Å²) in [4.78, 5) is 8.84. The van der Waals surface area contributed by atoms with Gasteiger partial charge in [-0.3, -0.25) is 4.79 Å². The lowest BCUT2D eigenvalue weighted by molar-refractivity contribution is -0.113. The number of carbonyl (C=O) groups excluding carboxylic acids is 1. The van der Waals surface area contributed by atoms with Gasteiger partial charge in [-0.15, -0.1) is 0 Å². The summed E-state index contributed by atoms with van der Waals surface area (Å²) in [5, 5.41) is -1.70. The van der Waals surface area contributed by atoms with Gasteiger partial charge < -0.3 is 0 Å². The highest BCUT2D eigenvalue weighted by atomic mass is 32.2. The van der Waals surface area contributed by atoms with E-state index >= 15 is 0 Å². The van der Waals surface area contributed by atoms with Crippen molar-refractivity contribution in [1.29, 1.82) is 0 Å². The molecule has 0 amide bonds. The molecule has 96 valence electrons. The molecule has 1 unspecified atom stereocenters. The Hall–Kier alpha value is 0.550. The van der Waals surface area contributed by atoms with Gasteiger partial charge in [0.1, 0.15) is 10.2 Å². The molecule has 0 heterocycles. The summed E-state index contributed by atoms with van der Waals surface area (Å²) in [6.07, 6.45) is 0. The minimum absolute atomic E-state index is 0.557. The van der Waals surface area contributed by atoms with Crippen LogP contribution in [0.25, 0.3) is 0 Å². The van der Waals surface area contributed by atoms with Crippen molar-refractivity contribution >= 4 is 66.5 Å². The van der Waals surface area contributed by atoms with Crippen LogP contribution in [0.3, 0.4) is 0 Å². The van der Waals surface area contributed by atoms with E-state index in [0.29, 0.717) is 0 Å². The maximum atomic E-state index is 12.6. The quantitative estimate of drug-likeness (QED) is 0.613. The Bertz CT molecular complexity index is 383. The van der Waals surface area contributed by atoms with Gasteiger partial charge in [0, 0.05) is 0 Å². The molecule has 0 bridgehead atoms. The van der Waals surface area contributed by atoms with E-state index in [4.69, 9.17) is 0 Å². The van der Waals surface area contributed by atoms with E-state index in [9.17, 15) is 24.2 Å². The van der Waals surface area contributed by atoms with E-state index < -0.39 is 91.4 Å². The molecule has 17 heavy (non-hydrogen) atoms. The summed E-state index contributed by atoms with van der Waals surface area (Å²) in [5.41, 5.74) is 0. The standard InChI is InChI=1S/C6HF5OS5/c7-13-2-1(12)3(14-8)5(16-10)6(17-11)4(2)15-9/h2H. The second kappa shape index (κ2) is 7.22. The van der Waals surface area contributed by atoms with Crippen molar-refractivity contribution in [2.75, 3.05) is 0 Å². The second-order valence-corrected chi connectivity index (χ2v) is 5.42. The van der Waals surface area contributed by atoms with Crippen LogP contribution in [-0.2, 0) is 4.79 Å². The minimum atomic E-state index is -1.70. The first-order valence-corrected chi connectivity index (χ1v) is 7.25. The number of ketones is 1. The first-order valence-electron chi connectivity index (χ1n) is 3.61. The van der Waals surface area contributed by atoms with Gasteiger partial charge in [-0.25, -0.2) is 0 Å². The third kappa shape index (κ3) is 2.94. The molecule has 0 fully saturated rings. The molecule has 0 aromatic carbocycles. The van der Waals surface area contributed by atoms with Gasteiger partial charge in [0.05, 0.1) is 75.5 Å². The number of Topliss-reactive ketones (excluding diaryl/α,β-unsaturated/α-hetero) is 1. The summed E-state index contributed by atoms with van der Waals surface area (Å²) in [5.74, 6) is -1.12. The molecule has 1 rings (SSSR count). The van der Waals surface area contributed by atoms with Crippen molar-refractivity contribution in [2.24, 2.45) is 0 Å². The van der Waals surface area contributed by atoms with Gasteiger partial charge in [-0.1, -0.05) is 0 Å². The summed E-state index contributed by atoms with van der Waals surface area (Å²) in [7, 11) is 0. The third-order valence-corrected chi connectivity index (χ3v) is 5.21. The van der Waals surface area contributed by atoms with Crippen LogP contribution in [0, 0.1) is 0 Å². The molecule has 1 atom stereocenters. The summed E-state index contributed by atoms with van der Waals surface area (Å²) in [6.45, 7) is 0. The van der Waals surface area contributed by atoms with E-state index in [1.165, 1.54) is 0 Å². The molecule has 1 nitrogen and oxygen atoms in total. The van der Waals surface area contributed by atoms with Crippen LogP contribution in [0.4, 0.5) is 19.4 Å². The van der Waals surface area contributed by atoms with E-state index in [1.807, 2.05) is 0 Å². The van der Waals surface area contributed by atoms with Crippen LogP contribution < -0.4 is 0 Å². The normalized spacial score (nSPS) is 21.5. The lowest BCUT2D eigenvalue weighted by Gasteiger charge is -2.21. The van der Waals surface area contributed by atoms with Crippen molar-refractivity contribution in [3.05, 3.63) is 19.6 Å². The zero-order valence-corrected chi connectivity index (χ0v) is 11.5. The highest BCUT2D eigenvalue weighted by molar-refractivity contribution is 8.07. The second-order valence-electron chi connectivity index (χ2n) is 2.49. The Balaban J connectivity index is 3.40. The highest BCUT2D eigenvalue weighted by Crippen LogP contribution is 2.51. The molecular weight excluding hydrogens is 343 g/mol. The number of hydrogen-bond donors (Lipinski definition) is 0. The molecule has 1 aliphatic carbocycles. The number of carbonyl (C=O) groups is 1. The van der Waals surface area contributed by atoms with Gasteiger partial charge in [0.15, 0.2) is 5.78 Å². The molecule has 0 saturated carbocycles. The SMILES string of the molecule is O=C1C(SF)=C(SF)C(SF)=C(SF)C1SF. The Labute approximate surface area is 115 Å². The molecule has 0 aliphatic heterocycles. The Morgan fingerprint density at radius 1 is 0.765 bits per heavy atom. The molecule has 0 spiro atoms. The Morgan fingerprint density at radius 3 is 1.65 bits per heavy atom. The molecule has 1 aliphatic rings. The van der Waals surface area contributed by atoms with E-state index in [2.05, 4.69) is 0 Å². The van der Waals surface area contributed by atoms with Crippen molar-refractivity contribution in [3.63, 3.8) is 0 Å². The lowest BCUT2D eigenvalue weighted by atomic mass is 10.1. The number of rotatable bonds is 5. The first-order chi connectivity index (χ1) is 8.15. The van der Waals surface area contributed by atoms with Crippen molar-refractivity contribution in [2.45, 2.75) is 5.25 Å². The molecular formula is C6HF5OS5. The van der Waals surface area contributed by atoms with E-state index in [-0.39, 0.29) is 0 Å². The van der Waals surface area contributed by atoms with E-state index in [0.717, 1.165) is 0 Å². The van der Waals surface area contributed by atoms with Gasteiger partial charge in [0.25, 0.3) is 0 Å². The molecule has 0 N–H and O–H groups in total. The average Bonchev–Trinajstić information content (AvgIpc) is 2.36. The van der Waals surface area contributed by atoms with Crippen LogP contribution in [0.5, 0.6) is 0 Å². The van der Waals surface area contributed by atoms with Crippen molar-refractivity contribution < 1.29 is 24.2 Å². The average molecular weight is 344 g/mol. The summed E-state index contributed by atoms with van der Waals surface area (Å²) in [6, 6.07) is 0. The number of allylic oxidation sites excluding steroid dienone is 1. The summed E-state index contributed by atoms with van der Waals surface area (Å²) >= 11 is -2.89. The number of halogens is 5. The van der Waals surface area contributed by atoms with Crippen molar-refractivity contribution in [3.8, 4) is 0 Å². The number of hydrogen-bond acceptors (Lipinski definition) is 6. The molecule has 0 saturated heterocycles. The predicted octanol–water partition coefficient (Wildman–Crippen LogP) is 5.45. The van der Waals surface area contributed by atoms with Gasteiger partial charge in [0.2, 0.25) is 0 Å². The third-order valence-electron chi connectivity index (χ3n) is 1.74. The molecule has 0 aromatic heterocycles. The van der Waals surface area contributed by atoms with Gasteiger partial charge in [-0.05, 0) is 0 Å². The highest BCUT2D eigenvalue weighted by Gasteiger charge is 2.40. The predicted molar refractivity (Wildman–Crippen MR) is 66.3 cm³/mol. The monoisotopic (exact) mass is 344 g/mol. The Kier molecular flexibility index (Phi) is 6.62. The largest absolute Gasteiger partial charge is 0.292 e. The smallest absolute Gasteiger partial charge is 0.193 e. The van der Waals surface area contributed by atoms with Crippen LogP contribution in [0.15, 0.2) is 19.6 Å². The van der Waals surface area contributed by atoms with E-state index in [1.54, 1.807) is 0 Å². The topological polar surface area (TPSA) is 17.1 Å². The molecule has 0 aromatic rings. The maximum Gasteiger partial charge on any atom is 0.193 e. The summed E-state index contributed by atoms with van der Waals surface area (Å²) < 4.78 is 62.7. The maximum absolute atomic E-state index is 12.6.